The summed E-state index contributed by atoms with van der Waals surface area (Å²) in [5.41, 5.74) is 1.40. The van der Waals surface area contributed by atoms with Crippen molar-refractivity contribution in [1.29, 1.82) is 0 Å². The van der Waals surface area contributed by atoms with E-state index in [1.54, 1.807) is 6.07 Å². The Bertz CT molecular complexity index is 755. The zero-order valence-corrected chi connectivity index (χ0v) is 16.4. The molecule has 1 saturated heterocycles. The van der Waals surface area contributed by atoms with E-state index in [2.05, 4.69) is 20.8 Å². The highest BCUT2D eigenvalue weighted by Gasteiger charge is 2.65. The van der Waals surface area contributed by atoms with Gasteiger partial charge in [-0.15, -0.1) is 0 Å². The zero-order valence-electron chi connectivity index (χ0n) is 16.4. The van der Waals surface area contributed by atoms with Crippen LogP contribution in [0.5, 0.6) is 5.75 Å². The fraction of sp³-hybridized carbons (Fsp3) is 0.636. The van der Waals surface area contributed by atoms with Crippen molar-refractivity contribution in [2.24, 2.45) is 23.7 Å². The van der Waals surface area contributed by atoms with E-state index in [9.17, 15) is 9.59 Å². The number of benzene rings is 1. The number of methoxy groups -OCH3 is 1. The number of ether oxygens (including phenoxy) is 3. The van der Waals surface area contributed by atoms with Crippen molar-refractivity contribution in [1.82, 2.24) is 0 Å². The Morgan fingerprint density at radius 1 is 1.22 bits per heavy atom. The Labute approximate surface area is 160 Å². The molecule has 5 heteroatoms. The third-order valence-electron chi connectivity index (χ3n) is 6.69. The maximum absolute atomic E-state index is 12.8. The first-order valence-electron chi connectivity index (χ1n) is 10.0. The topological polar surface area (TPSA) is 65.1 Å². The molecule has 4 rings (SSSR count). The quantitative estimate of drug-likeness (QED) is 0.430. The molecule has 2 bridgehead atoms. The summed E-state index contributed by atoms with van der Waals surface area (Å²) in [6.07, 6.45) is 3.50. The van der Waals surface area contributed by atoms with Crippen LogP contribution in [0.1, 0.15) is 61.9 Å². The van der Waals surface area contributed by atoms with E-state index in [4.69, 9.17) is 14.2 Å². The molecule has 1 aliphatic heterocycles. The first-order valence-corrected chi connectivity index (χ1v) is 10.0. The van der Waals surface area contributed by atoms with Crippen LogP contribution in [0, 0.1) is 23.7 Å². The van der Waals surface area contributed by atoms with Gasteiger partial charge in [-0.05, 0) is 54.7 Å². The summed E-state index contributed by atoms with van der Waals surface area (Å²) in [5, 5.41) is 0. The largest absolute Gasteiger partial charge is 0.465 e. The van der Waals surface area contributed by atoms with Crippen molar-refractivity contribution in [2.75, 3.05) is 7.11 Å². The summed E-state index contributed by atoms with van der Waals surface area (Å²) in [4.78, 5) is 25.1. The fourth-order valence-electron chi connectivity index (χ4n) is 5.29. The van der Waals surface area contributed by atoms with Crippen LogP contribution in [0.4, 0.5) is 0 Å². The lowest BCUT2D eigenvalue weighted by Crippen LogP contribution is -2.29. The van der Waals surface area contributed by atoms with Crippen LogP contribution in [0.2, 0.25) is 0 Å². The number of hydrogen-bond donors (Lipinski definition) is 0. The van der Waals surface area contributed by atoms with Crippen LogP contribution < -0.4 is 4.74 Å². The summed E-state index contributed by atoms with van der Waals surface area (Å²) in [6.45, 7) is 6.48. The van der Waals surface area contributed by atoms with Gasteiger partial charge in [0.05, 0.1) is 25.2 Å². The second-order valence-electron chi connectivity index (χ2n) is 8.49. The first-order chi connectivity index (χ1) is 12.9. The number of epoxide rings is 1. The number of carbonyl (C=O) groups excluding carboxylic acids is 2. The molecule has 0 aromatic heterocycles. The standard InChI is InChI=1S/C22H28O5/c1-5-14(11(2)3)12-6-7-18(17(8-12)21(23)25-4)26-22(24)16-10-13-9-15(16)20-19(13)27-20/h6-8,11,13-16,19-20H,5,9-10H2,1-4H3. The summed E-state index contributed by atoms with van der Waals surface area (Å²) >= 11 is 0. The van der Waals surface area contributed by atoms with E-state index in [-0.39, 0.29) is 23.9 Å². The highest BCUT2D eigenvalue weighted by atomic mass is 16.6. The van der Waals surface area contributed by atoms with Crippen LogP contribution in [0.3, 0.4) is 0 Å². The van der Waals surface area contributed by atoms with Crippen LogP contribution in [-0.4, -0.2) is 31.3 Å². The van der Waals surface area contributed by atoms with Gasteiger partial charge in [0, 0.05) is 5.92 Å². The maximum atomic E-state index is 12.8. The SMILES string of the molecule is CCC(c1ccc(OC(=O)C2CC3CC2C2OC32)c(C(=O)OC)c1)C(C)C. The molecule has 6 atom stereocenters. The molecule has 27 heavy (non-hydrogen) atoms. The lowest BCUT2D eigenvalue weighted by Gasteiger charge is -2.22. The van der Waals surface area contributed by atoms with E-state index < -0.39 is 5.97 Å². The molecule has 0 spiro atoms. The zero-order chi connectivity index (χ0) is 19.3. The van der Waals surface area contributed by atoms with E-state index in [0.29, 0.717) is 35.2 Å². The number of esters is 2. The monoisotopic (exact) mass is 372 g/mol. The number of hydrogen-bond acceptors (Lipinski definition) is 5. The predicted octanol–water partition coefficient (Wildman–Crippen LogP) is 3.95. The van der Waals surface area contributed by atoms with Gasteiger partial charge in [0.1, 0.15) is 11.3 Å². The van der Waals surface area contributed by atoms with Crippen LogP contribution in [0.25, 0.3) is 0 Å². The summed E-state index contributed by atoms with van der Waals surface area (Å²) in [6, 6.07) is 5.53. The Hall–Kier alpha value is -1.88. The minimum Gasteiger partial charge on any atom is -0.465 e. The van der Waals surface area contributed by atoms with Crippen LogP contribution >= 0.6 is 0 Å². The minimum atomic E-state index is -0.475. The molecule has 2 saturated carbocycles. The normalized spacial score (nSPS) is 31.5. The molecule has 0 N–H and O–H groups in total. The molecule has 6 unspecified atom stereocenters. The molecule has 3 fully saturated rings. The molecule has 5 nitrogen and oxygen atoms in total. The van der Waals surface area contributed by atoms with Crippen molar-refractivity contribution >= 4 is 11.9 Å². The average Bonchev–Trinajstić information content (AvgIpc) is 3.25. The van der Waals surface area contributed by atoms with Crippen molar-refractivity contribution in [3.8, 4) is 5.75 Å². The first kappa shape index (κ1) is 18.5. The summed E-state index contributed by atoms with van der Waals surface area (Å²) < 4.78 is 16.3. The van der Waals surface area contributed by atoms with Gasteiger partial charge < -0.3 is 14.2 Å². The minimum absolute atomic E-state index is 0.122. The average molecular weight is 372 g/mol. The predicted molar refractivity (Wildman–Crippen MR) is 99.7 cm³/mol. The van der Waals surface area contributed by atoms with Gasteiger partial charge >= 0.3 is 11.9 Å². The van der Waals surface area contributed by atoms with E-state index in [1.165, 1.54) is 7.11 Å². The van der Waals surface area contributed by atoms with Crippen LogP contribution in [-0.2, 0) is 14.3 Å². The summed E-state index contributed by atoms with van der Waals surface area (Å²) in [5.74, 6) is 1.02. The molecule has 1 aromatic rings. The lowest BCUT2D eigenvalue weighted by molar-refractivity contribution is -0.140. The highest BCUT2D eigenvalue weighted by Crippen LogP contribution is 2.59. The molecule has 146 valence electrons. The molecule has 3 aliphatic rings. The Morgan fingerprint density at radius 2 is 2.00 bits per heavy atom. The van der Waals surface area contributed by atoms with Crippen molar-refractivity contribution in [3.05, 3.63) is 29.3 Å². The van der Waals surface area contributed by atoms with E-state index >= 15 is 0 Å². The maximum Gasteiger partial charge on any atom is 0.341 e. The van der Waals surface area contributed by atoms with Crippen molar-refractivity contribution in [3.63, 3.8) is 0 Å². The van der Waals surface area contributed by atoms with Gasteiger partial charge in [-0.2, -0.15) is 0 Å². The van der Waals surface area contributed by atoms with Gasteiger partial charge in [-0.1, -0.05) is 26.8 Å². The van der Waals surface area contributed by atoms with Crippen molar-refractivity contribution in [2.45, 2.75) is 58.2 Å². The third-order valence-corrected chi connectivity index (χ3v) is 6.69. The lowest BCUT2D eigenvalue weighted by atomic mass is 9.85. The van der Waals surface area contributed by atoms with Gasteiger partial charge in [0.25, 0.3) is 0 Å². The Kier molecular flexibility index (Phi) is 4.75. The number of fused-ring (bicyclic) bond motifs is 5. The molecule has 1 heterocycles. The summed E-state index contributed by atoms with van der Waals surface area (Å²) in [7, 11) is 1.35. The number of carbonyl (C=O) groups is 2. The van der Waals surface area contributed by atoms with Gasteiger partial charge in [-0.25, -0.2) is 4.79 Å². The fourth-order valence-corrected chi connectivity index (χ4v) is 5.29. The molecule has 2 aliphatic carbocycles. The smallest absolute Gasteiger partial charge is 0.341 e. The number of rotatable bonds is 6. The van der Waals surface area contributed by atoms with E-state index in [1.807, 2.05) is 12.1 Å². The second-order valence-corrected chi connectivity index (χ2v) is 8.49. The molecule has 0 radical (unpaired) electrons. The van der Waals surface area contributed by atoms with Crippen LogP contribution in [0.15, 0.2) is 18.2 Å². The van der Waals surface area contributed by atoms with Gasteiger partial charge in [0.2, 0.25) is 0 Å². The molecule has 0 amide bonds. The highest BCUT2D eigenvalue weighted by molar-refractivity contribution is 5.94. The third kappa shape index (κ3) is 3.16. The van der Waals surface area contributed by atoms with E-state index in [0.717, 1.165) is 24.8 Å². The van der Waals surface area contributed by atoms with Gasteiger partial charge in [0.15, 0.2) is 0 Å². The van der Waals surface area contributed by atoms with Gasteiger partial charge in [-0.3, -0.25) is 4.79 Å². The Balaban J connectivity index is 1.56. The molecular weight excluding hydrogens is 344 g/mol. The second kappa shape index (κ2) is 6.93. The molecular formula is C22H28O5. The van der Waals surface area contributed by atoms with Crippen molar-refractivity contribution < 1.29 is 23.8 Å². The Morgan fingerprint density at radius 3 is 2.59 bits per heavy atom. The molecule has 1 aromatic carbocycles.